The summed E-state index contributed by atoms with van der Waals surface area (Å²) in [7, 11) is 1.44. The van der Waals surface area contributed by atoms with Crippen molar-refractivity contribution in [1.29, 1.82) is 0 Å². The van der Waals surface area contributed by atoms with Crippen LogP contribution >= 0.6 is 0 Å². The number of amides is 6. The molecule has 0 saturated carbocycles. The lowest BCUT2D eigenvalue weighted by atomic mass is 10.0. The number of nitrogens with one attached hydrogen (secondary N) is 6. The number of aromatic nitrogens is 1. The summed E-state index contributed by atoms with van der Waals surface area (Å²) in [6.07, 6.45) is 3.25. The Balaban J connectivity index is 1.55. The molecule has 0 radical (unpaired) electrons. The van der Waals surface area contributed by atoms with E-state index in [-0.39, 0.29) is 37.9 Å². The molecule has 15 heteroatoms. The third-order valence-electron chi connectivity index (χ3n) is 10.6. The fourth-order valence-electron chi connectivity index (χ4n) is 6.97. The Labute approximate surface area is 337 Å². The van der Waals surface area contributed by atoms with Crippen LogP contribution in [0, 0.1) is 0 Å². The quantitative estimate of drug-likeness (QED) is 0.104. The maximum Gasteiger partial charge on any atom is 0.245 e. The number of nitrogens with two attached hydrogens (primary N) is 1. The Hall–Kier alpha value is -6.22. The number of fused-ring (bicyclic) bond motifs is 1. The largest absolute Gasteiger partial charge is 0.508 e. The van der Waals surface area contributed by atoms with Crippen molar-refractivity contribution in [1.82, 2.24) is 36.5 Å². The van der Waals surface area contributed by atoms with Crippen LogP contribution < -0.4 is 32.3 Å². The molecule has 0 unspecified atom stereocenters. The minimum atomic E-state index is -1.24. The molecule has 4 aromatic rings. The molecule has 0 aliphatic carbocycles. The van der Waals surface area contributed by atoms with Gasteiger partial charge < -0.3 is 47.3 Å². The molecule has 1 aliphatic heterocycles. The molecule has 0 spiro atoms. The lowest BCUT2D eigenvalue weighted by molar-refractivity contribution is -0.142. The van der Waals surface area contributed by atoms with Crippen molar-refractivity contribution in [3.05, 3.63) is 102 Å². The van der Waals surface area contributed by atoms with Crippen molar-refractivity contribution in [2.45, 2.75) is 95.0 Å². The number of aromatic amines is 1. The van der Waals surface area contributed by atoms with Crippen LogP contribution in [0.1, 0.15) is 56.2 Å². The topological polar surface area (TPSA) is 228 Å². The van der Waals surface area contributed by atoms with Gasteiger partial charge in [0.05, 0.1) is 0 Å². The average Bonchev–Trinajstić information content (AvgIpc) is 3.63. The van der Waals surface area contributed by atoms with Crippen molar-refractivity contribution < 1.29 is 33.9 Å². The van der Waals surface area contributed by atoms with Crippen molar-refractivity contribution in [3.8, 4) is 5.75 Å². The Bertz CT molecular complexity index is 2050. The van der Waals surface area contributed by atoms with E-state index < -0.39 is 71.7 Å². The van der Waals surface area contributed by atoms with Gasteiger partial charge in [0.25, 0.3) is 0 Å². The molecule has 1 fully saturated rings. The number of H-pyrrole nitrogens is 1. The summed E-state index contributed by atoms with van der Waals surface area (Å²) >= 11 is 0. The molecule has 58 heavy (non-hydrogen) atoms. The molecule has 2 heterocycles. The van der Waals surface area contributed by atoms with Gasteiger partial charge in [-0.2, -0.15) is 0 Å². The number of carbonyl (C=O) groups is 6. The van der Waals surface area contributed by atoms with Crippen LogP contribution in [0.5, 0.6) is 5.75 Å². The molecular formula is C43H54N8O7. The molecule has 6 atom stereocenters. The van der Waals surface area contributed by atoms with Gasteiger partial charge in [-0.05, 0) is 74.0 Å². The van der Waals surface area contributed by atoms with E-state index in [9.17, 15) is 33.9 Å². The predicted octanol–water partition coefficient (Wildman–Crippen LogP) is 1.72. The molecule has 1 saturated heterocycles. The van der Waals surface area contributed by atoms with E-state index in [0.29, 0.717) is 24.9 Å². The number of hydrogen-bond acceptors (Lipinski definition) is 8. The predicted molar refractivity (Wildman–Crippen MR) is 219 cm³/mol. The summed E-state index contributed by atoms with van der Waals surface area (Å²) in [4.78, 5) is 89.2. The number of rotatable bonds is 11. The summed E-state index contributed by atoms with van der Waals surface area (Å²) in [5.74, 6) is -3.76. The molecule has 5 rings (SSSR count). The van der Waals surface area contributed by atoms with Crippen LogP contribution in [0.4, 0.5) is 0 Å². The molecule has 15 nitrogen and oxygen atoms in total. The Morgan fingerprint density at radius 1 is 0.621 bits per heavy atom. The first kappa shape index (κ1) is 42.9. The fourth-order valence-corrected chi connectivity index (χ4v) is 6.97. The zero-order valence-electron chi connectivity index (χ0n) is 33.1. The van der Waals surface area contributed by atoms with E-state index in [1.807, 2.05) is 42.5 Å². The SMILES string of the molecule is CC[C@@H]1NC(=O)[C@H](CCCCN)NC(=O)[C@@H](Cc2c[nH]c3ccccc23)NC(=O)[C@H](Cc2ccc(O)cc2)NC(=O)[C@@H](C)N(C)C(=O)[C@H](Cc2ccccc2)NC1=O. The number of unbranched alkanes of at least 4 members (excludes halogenated alkanes) is 1. The lowest BCUT2D eigenvalue weighted by Crippen LogP contribution is -2.61. The van der Waals surface area contributed by atoms with Gasteiger partial charge in [-0.15, -0.1) is 0 Å². The minimum absolute atomic E-state index is 0.0126. The number of benzene rings is 3. The second-order valence-electron chi connectivity index (χ2n) is 14.7. The molecule has 1 aromatic heterocycles. The van der Waals surface area contributed by atoms with Gasteiger partial charge in [0.1, 0.15) is 42.0 Å². The lowest BCUT2D eigenvalue weighted by Gasteiger charge is -2.32. The third kappa shape index (κ3) is 11.2. The summed E-state index contributed by atoms with van der Waals surface area (Å²) in [6, 6.07) is 15.8. The van der Waals surface area contributed by atoms with Crippen molar-refractivity contribution in [3.63, 3.8) is 0 Å². The standard InChI is InChI=1S/C43H54N8O7/c1-4-32-39(54)50-37(23-27-12-6-5-7-13-27)43(58)51(3)26(2)38(53)48-35(22-28-17-19-30(52)20-18-28)41(56)49-36(24-29-25-45-33-15-9-8-14-31(29)33)42(57)47-34(40(55)46-32)16-10-11-21-44/h5-9,12-15,17-20,25-26,32,34-37,45,52H,4,10-11,16,21-24,44H2,1-3H3,(H,46,55)(H,47,57)(H,48,53)(H,49,56)(H,50,54)/t26-,32+,34+,35+,36-,37+/m1/s1. The molecule has 1 aliphatic rings. The van der Waals surface area contributed by atoms with E-state index in [4.69, 9.17) is 5.73 Å². The summed E-state index contributed by atoms with van der Waals surface area (Å²) in [6.45, 7) is 3.58. The van der Waals surface area contributed by atoms with Crippen LogP contribution in [0.3, 0.4) is 0 Å². The van der Waals surface area contributed by atoms with Gasteiger partial charge >= 0.3 is 0 Å². The van der Waals surface area contributed by atoms with E-state index in [0.717, 1.165) is 22.0 Å². The van der Waals surface area contributed by atoms with Gasteiger partial charge in [0, 0.05) is 43.4 Å². The van der Waals surface area contributed by atoms with Crippen molar-refractivity contribution >= 4 is 46.3 Å². The second-order valence-corrected chi connectivity index (χ2v) is 14.7. The van der Waals surface area contributed by atoms with Gasteiger partial charge in [0.15, 0.2) is 0 Å². The molecule has 0 bridgehead atoms. The number of likely N-dealkylation sites (N-methyl/N-ethyl adjacent to an activating group) is 1. The minimum Gasteiger partial charge on any atom is -0.508 e. The number of phenolic OH excluding ortho intramolecular Hbond substituents is 1. The zero-order chi connectivity index (χ0) is 41.8. The van der Waals surface area contributed by atoms with Gasteiger partial charge in [-0.25, -0.2) is 0 Å². The van der Waals surface area contributed by atoms with Crippen molar-refractivity contribution in [2.75, 3.05) is 13.6 Å². The maximum atomic E-state index is 14.4. The van der Waals surface area contributed by atoms with Gasteiger partial charge in [0.2, 0.25) is 35.4 Å². The Morgan fingerprint density at radius 2 is 1.16 bits per heavy atom. The zero-order valence-corrected chi connectivity index (χ0v) is 33.1. The molecular weight excluding hydrogens is 741 g/mol. The fraction of sp³-hybridized carbons (Fsp3) is 0.395. The average molecular weight is 795 g/mol. The van der Waals surface area contributed by atoms with Gasteiger partial charge in [-0.1, -0.05) is 67.6 Å². The second kappa shape index (κ2) is 20.3. The smallest absolute Gasteiger partial charge is 0.245 e. The summed E-state index contributed by atoms with van der Waals surface area (Å²) < 4.78 is 0. The normalized spacial score (nSPS) is 22.9. The highest BCUT2D eigenvalue weighted by atomic mass is 16.3. The number of nitrogens with zero attached hydrogens (tertiary/aromatic N) is 1. The molecule has 9 N–H and O–H groups in total. The van der Waals surface area contributed by atoms with Crippen molar-refractivity contribution in [2.24, 2.45) is 5.73 Å². The summed E-state index contributed by atoms with van der Waals surface area (Å²) in [5.41, 5.74) is 8.67. The molecule has 308 valence electrons. The first-order valence-electron chi connectivity index (χ1n) is 19.7. The van der Waals surface area contributed by atoms with Gasteiger partial charge in [-0.3, -0.25) is 28.8 Å². The van der Waals surface area contributed by atoms with E-state index in [1.165, 1.54) is 31.0 Å². The molecule has 3 aromatic carbocycles. The van der Waals surface area contributed by atoms with Crippen LogP contribution in [-0.2, 0) is 48.0 Å². The Kier molecular flexibility index (Phi) is 15.0. The van der Waals surface area contributed by atoms with E-state index in [2.05, 4.69) is 31.6 Å². The highest BCUT2D eigenvalue weighted by Gasteiger charge is 2.36. The monoisotopic (exact) mass is 794 g/mol. The van der Waals surface area contributed by atoms with E-state index in [1.54, 1.807) is 37.4 Å². The van der Waals surface area contributed by atoms with E-state index >= 15 is 0 Å². The number of carbonyl (C=O) groups excluding carboxylic acids is 6. The third-order valence-corrected chi connectivity index (χ3v) is 10.6. The first-order valence-corrected chi connectivity index (χ1v) is 19.7. The first-order chi connectivity index (χ1) is 27.9. The van der Waals surface area contributed by atoms with Crippen LogP contribution in [0.25, 0.3) is 10.9 Å². The highest BCUT2D eigenvalue weighted by Crippen LogP contribution is 2.20. The maximum absolute atomic E-state index is 14.4. The number of hydrogen-bond donors (Lipinski definition) is 8. The number of para-hydroxylation sites is 1. The van der Waals surface area contributed by atoms with Crippen LogP contribution in [0.2, 0.25) is 0 Å². The molecule has 6 amide bonds. The number of aromatic hydroxyl groups is 1. The summed E-state index contributed by atoms with van der Waals surface area (Å²) in [5, 5.41) is 24.8. The number of phenols is 1. The highest BCUT2D eigenvalue weighted by molar-refractivity contribution is 5.98. The van der Waals surface area contributed by atoms with Crippen LogP contribution in [0.15, 0.2) is 85.1 Å². The Morgan fingerprint density at radius 3 is 1.84 bits per heavy atom. The van der Waals surface area contributed by atoms with Crippen LogP contribution in [-0.4, -0.2) is 100 Å².